The van der Waals surface area contributed by atoms with Crippen LogP contribution in [-0.4, -0.2) is 32.6 Å². The number of nitrogens with zero attached hydrogens (tertiary/aromatic N) is 4. The molecule has 0 amide bonds. The molecule has 0 saturated carbocycles. The molecule has 4 rings (SSSR count). The number of anilines is 1. The molecule has 2 heterocycles. The minimum atomic E-state index is -1.06. The van der Waals surface area contributed by atoms with E-state index in [1.54, 1.807) is 0 Å². The maximum absolute atomic E-state index is 11.7. The summed E-state index contributed by atoms with van der Waals surface area (Å²) in [6.07, 6.45) is 0.867. The highest BCUT2D eigenvalue weighted by Crippen LogP contribution is 2.26. The molecule has 1 N–H and O–H groups in total. The fourth-order valence-electron chi connectivity index (χ4n) is 3.51. The average molecular weight is 348 g/mol. The molecular formula is C20H20N4O2. The summed E-state index contributed by atoms with van der Waals surface area (Å²) in [6.45, 7) is 5.37. The SMILES string of the molecule is Cc1cc(C)cc(-n2nc(C(=O)O)c(N3CCc4ccccc4C3)n2)c1. The van der Waals surface area contributed by atoms with Crippen LogP contribution in [-0.2, 0) is 13.0 Å². The number of fused-ring (bicyclic) bond motifs is 1. The highest BCUT2D eigenvalue weighted by atomic mass is 16.4. The third-order valence-corrected chi connectivity index (χ3v) is 4.67. The quantitative estimate of drug-likeness (QED) is 0.787. The predicted octanol–water partition coefficient (Wildman–Crippen LogP) is 3.15. The third kappa shape index (κ3) is 2.94. The van der Waals surface area contributed by atoms with Gasteiger partial charge in [0.25, 0.3) is 0 Å². The van der Waals surface area contributed by atoms with Crippen LogP contribution in [0.1, 0.15) is 32.7 Å². The lowest BCUT2D eigenvalue weighted by molar-refractivity contribution is 0.0690. The molecule has 1 aliphatic heterocycles. The van der Waals surface area contributed by atoms with Crippen molar-refractivity contribution < 1.29 is 9.90 Å². The second kappa shape index (κ2) is 6.29. The number of aromatic carboxylic acids is 1. The van der Waals surface area contributed by atoms with Crippen molar-refractivity contribution in [3.8, 4) is 5.69 Å². The summed E-state index contributed by atoms with van der Waals surface area (Å²) in [5, 5.41) is 18.4. The van der Waals surface area contributed by atoms with Crippen molar-refractivity contribution in [2.24, 2.45) is 0 Å². The van der Waals surface area contributed by atoms with E-state index < -0.39 is 5.97 Å². The van der Waals surface area contributed by atoms with E-state index in [9.17, 15) is 9.90 Å². The number of hydrogen-bond acceptors (Lipinski definition) is 4. The first-order chi connectivity index (χ1) is 12.5. The number of rotatable bonds is 3. The van der Waals surface area contributed by atoms with Gasteiger partial charge >= 0.3 is 5.97 Å². The van der Waals surface area contributed by atoms with Gasteiger partial charge in [-0.3, -0.25) is 0 Å². The number of benzene rings is 2. The van der Waals surface area contributed by atoms with Crippen LogP contribution in [0.5, 0.6) is 0 Å². The Hall–Kier alpha value is -3.15. The van der Waals surface area contributed by atoms with E-state index in [0.29, 0.717) is 12.4 Å². The summed E-state index contributed by atoms with van der Waals surface area (Å²) in [6, 6.07) is 14.2. The Balaban J connectivity index is 1.75. The van der Waals surface area contributed by atoms with Crippen LogP contribution in [0.4, 0.5) is 5.82 Å². The van der Waals surface area contributed by atoms with Gasteiger partial charge in [0.1, 0.15) is 0 Å². The highest BCUT2D eigenvalue weighted by molar-refractivity contribution is 5.91. The molecule has 0 aliphatic carbocycles. The summed E-state index contributed by atoms with van der Waals surface area (Å²) >= 11 is 0. The zero-order valence-electron chi connectivity index (χ0n) is 14.8. The highest BCUT2D eigenvalue weighted by Gasteiger charge is 2.26. The number of carbonyl (C=O) groups is 1. The lowest BCUT2D eigenvalue weighted by Gasteiger charge is -2.28. The largest absolute Gasteiger partial charge is 0.476 e. The average Bonchev–Trinajstić information content (AvgIpc) is 3.06. The van der Waals surface area contributed by atoms with Crippen LogP contribution in [0.25, 0.3) is 5.69 Å². The topological polar surface area (TPSA) is 71.2 Å². The van der Waals surface area contributed by atoms with Crippen molar-refractivity contribution in [3.63, 3.8) is 0 Å². The molecule has 0 atom stereocenters. The molecule has 1 aliphatic rings. The van der Waals surface area contributed by atoms with Gasteiger partial charge in [-0.15, -0.1) is 15.0 Å². The molecule has 0 fully saturated rings. The van der Waals surface area contributed by atoms with E-state index >= 15 is 0 Å². The van der Waals surface area contributed by atoms with Crippen LogP contribution in [0, 0.1) is 13.8 Å². The lowest BCUT2D eigenvalue weighted by Crippen LogP contribution is -2.31. The Bertz CT molecular complexity index is 973. The van der Waals surface area contributed by atoms with Crippen LogP contribution in [0.3, 0.4) is 0 Å². The molecule has 2 aromatic carbocycles. The molecule has 0 spiro atoms. The first kappa shape index (κ1) is 16.3. The summed E-state index contributed by atoms with van der Waals surface area (Å²) in [4.78, 5) is 15.2. The molecule has 132 valence electrons. The number of aryl methyl sites for hydroxylation is 2. The molecule has 6 heteroatoms. The third-order valence-electron chi connectivity index (χ3n) is 4.67. The molecule has 3 aromatic rings. The van der Waals surface area contributed by atoms with E-state index in [1.807, 2.05) is 43.0 Å². The van der Waals surface area contributed by atoms with Crippen molar-refractivity contribution in [2.75, 3.05) is 11.4 Å². The first-order valence-corrected chi connectivity index (χ1v) is 8.62. The fraction of sp³-hybridized carbons (Fsp3) is 0.250. The Morgan fingerprint density at radius 2 is 1.73 bits per heavy atom. The minimum Gasteiger partial charge on any atom is -0.476 e. The van der Waals surface area contributed by atoms with Crippen molar-refractivity contribution in [3.05, 3.63) is 70.4 Å². The predicted molar refractivity (Wildman–Crippen MR) is 99.0 cm³/mol. The zero-order chi connectivity index (χ0) is 18.3. The van der Waals surface area contributed by atoms with Gasteiger partial charge in [0.15, 0.2) is 5.82 Å². The molecule has 0 bridgehead atoms. The van der Waals surface area contributed by atoms with E-state index in [4.69, 9.17) is 0 Å². The Morgan fingerprint density at radius 1 is 1.04 bits per heavy atom. The van der Waals surface area contributed by atoms with Crippen molar-refractivity contribution in [1.82, 2.24) is 15.0 Å². The summed E-state index contributed by atoms with van der Waals surface area (Å²) < 4.78 is 0. The van der Waals surface area contributed by atoms with Crippen LogP contribution in [0.15, 0.2) is 42.5 Å². The van der Waals surface area contributed by atoms with Crippen molar-refractivity contribution >= 4 is 11.8 Å². The second-order valence-electron chi connectivity index (χ2n) is 6.75. The summed E-state index contributed by atoms with van der Waals surface area (Å²) in [7, 11) is 0. The number of carboxylic acids is 1. The zero-order valence-corrected chi connectivity index (χ0v) is 14.8. The molecular weight excluding hydrogens is 328 g/mol. The Morgan fingerprint density at radius 3 is 2.42 bits per heavy atom. The maximum atomic E-state index is 11.7. The van der Waals surface area contributed by atoms with E-state index in [2.05, 4.69) is 28.4 Å². The normalized spacial score (nSPS) is 13.5. The van der Waals surface area contributed by atoms with Gasteiger partial charge in [-0.2, -0.15) is 0 Å². The smallest absolute Gasteiger partial charge is 0.360 e. The summed E-state index contributed by atoms with van der Waals surface area (Å²) in [5.74, 6) is -0.638. The minimum absolute atomic E-state index is 0.0106. The van der Waals surface area contributed by atoms with Gasteiger partial charge in [-0.1, -0.05) is 30.3 Å². The van der Waals surface area contributed by atoms with E-state index in [1.165, 1.54) is 15.9 Å². The van der Waals surface area contributed by atoms with Gasteiger partial charge in [0, 0.05) is 13.1 Å². The van der Waals surface area contributed by atoms with Gasteiger partial charge < -0.3 is 10.0 Å². The van der Waals surface area contributed by atoms with Gasteiger partial charge in [-0.25, -0.2) is 4.79 Å². The van der Waals surface area contributed by atoms with Gasteiger partial charge in [0.2, 0.25) is 5.69 Å². The van der Waals surface area contributed by atoms with Gasteiger partial charge in [-0.05, 0) is 54.7 Å². The number of aromatic nitrogens is 3. The molecule has 0 saturated heterocycles. The number of carboxylic acid groups (broad SMARTS) is 1. The molecule has 26 heavy (non-hydrogen) atoms. The Kier molecular flexibility index (Phi) is 3.95. The first-order valence-electron chi connectivity index (χ1n) is 8.62. The van der Waals surface area contributed by atoms with E-state index in [0.717, 1.165) is 29.8 Å². The van der Waals surface area contributed by atoms with Crippen LogP contribution in [0.2, 0.25) is 0 Å². The maximum Gasteiger partial charge on any atom is 0.360 e. The molecule has 1 aromatic heterocycles. The summed E-state index contributed by atoms with van der Waals surface area (Å²) in [5.41, 5.74) is 5.45. The van der Waals surface area contributed by atoms with Crippen molar-refractivity contribution in [2.45, 2.75) is 26.8 Å². The van der Waals surface area contributed by atoms with Crippen molar-refractivity contribution in [1.29, 1.82) is 0 Å². The van der Waals surface area contributed by atoms with E-state index in [-0.39, 0.29) is 5.69 Å². The Labute approximate surface area is 151 Å². The fourth-order valence-corrected chi connectivity index (χ4v) is 3.51. The lowest BCUT2D eigenvalue weighted by atomic mass is 10.00. The van der Waals surface area contributed by atoms with Crippen LogP contribution >= 0.6 is 0 Å². The standard InChI is InChI=1S/C20H20N4O2/c1-13-9-14(2)11-17(10-13)24-21-18(20(25)26)19(22-24)23-8-7-15-5-3-4-6-16(15)12-23/h3-6,9-11H,7-8,12H2,1-2H3,(H,25,26). The monoisotopic (exact) mass is 348 g/mol. The second-order valence-corrected chi connectivity index (χ2v) is 6.75. The van der Waals surface area contributed by atoms with Crippen LogP contribution < -0.4 is 4.90 Å². The molecule has 0 unspecified atom stereocenters. The molecule has 6 nitrogen and oxygen atoms in total. The molecule has 0 radical (unpaired) electrons. The number of hydrogen-bond donors (Lipinski definition) is 1. The van der Waals surface area contributed by atoms with Gasteiger partial charge in [0.05, 0.1) is 5.69 Å².